The summed E-state index contributed by atoms with van der Waals surface area (Å²) in [6, 6.07) is 0. The molecule has 1 fully saturated rings. The average Bonchev–Trinajstić information content (AvgIpc) is 2.03. The Balaban J connectivity index is 2.72. The Morgan fingerprint density at radius 1 is 1.08 bits per heavy atom. The molecule has 1 heteroatoms. The van der Waals surface area contributed by atoms with Crippen LogP contribution in [0, 0.1) is 11.8 Å². The van der Waals surface area contributed by atoms with E-state index in [9.17, 15) is 5.11 Å². The first-order chi connectivity index (χ1) is 6.02. The van der Waals surface area contributed by atoms with Gasteiger partial charge in [0.2, 0.25) is 0 Å². The molecule has 1 N–H and O–H groups in total. The molecule has 0 aliphatic heterocycles. The van der Waals surface area contributed by atoms with E-state index in [0.29, 0.717) is 11.8 Å². The smallest absolute Gasteiger partial charge is 0.0546 e. The van der Waals surface area contributed by atoms with Gasteiger partial charge in [0.1, 0.15) is 0 Å². The van der Waals surface area contributed by atoms with Gasteiger partial charge in [0.25, 0.3) is 0 Å². The van der Waals surface area contributed by atoms with Crippen LogP contribution in [0.4, 0.5) is 0 Å². The molecule has 1 aliphatic carbocycles. The Bertz CT molecular complexity index is 217. The van der Waals surface area contributed by atoms with Crippen molar-refractivity contribution in [3.8, 4) is 0 Å². The largest absolute Gasteiger partial charge is 0.393 e. The van der Waals surface area contributed by atoms with Crippen molar-refractivity contribution in [2.75, 3.05) is 0 Å². The van der Waals surface area contributed by atoms with Gasteiger partial charge in [0.15, 0.2) is 0 Å². The molecule has 1 aliphatic rings. The Labute approximate surface area is 81.2 Å². The maximum absolute atomic E-state index is 9.56. The minimum Gasteiger partial charge on any atom is -0.393 e. The maximum Gasteiger partial charge on any atom is 0.0546 e. The molecular weight excluding hydrogens is 160 g/mol. The summed E-state index contributed by atoms with van der Waals surface area (Å²) >= 11 is 0. The zero-order valence-corrected chi connectivity index (χ0v) is 8.71. The number of aliphatic hydroxyl groups is 1. The highest BCUT2D eigenvalue weighted by molar-refractivity contribution is 5.11. The molecule has 1 saturated carbocycles. The van der Waals surface area contributed by atoms with Crippen molar-refractivity contribution >= 4 is 0 Å². The maximum atomic E-state index is 9.56. The minimum absolute atomic E-state index is 0.128. The van der Waals surface area contributed by atoms with E-state index < -0.39 is 0 Å². The zero-order chi connectivity index (χ0) is 10.0. The van der Waals surface area contributed by atoms with Crippen molar-refractivity contribution in [3.63, 3.8) is 0 Å². The lowest BCUT2D eigenvalue weighted by atomic mass is 9.72. The summed E-state index contributed by atoms with van der Waals surface area (Å²) in [5.74, 6) is 0.988. The highest BCUT2D eigenvalue weighted by atomic mass is 16.3. The Morgan fingerprint density at radius 3 is 2.08 bits per heavy atom. The molecule has 0 aromatic heterocycles. The summed E-state index contributed by atoms with van der Waals surface area (Å²) in [4.78, 5) is 0. The third kappa shape index (κ3) is 2.44. The van der Waals surface area contributed by atoms with Gasteiger partial charge in [-0.2, -0.15) is 0 Å². The third-order valence-electron chi connectivity index (χ3n) is 3.09. The van der Waals surface area contributed by atoms with Crippen molar-refractivity contribution in [1.82, 2.24) is 0 Å². The van der Waals surface area contributed by atoms with E-state index in [2.05, 4.69) is 27.0 Å². The monoisotopic (exact) mass is 180 g/mol. The van der Waals surface area contributed by atoms with E-state index in [1.54, 1.807) is 0 Å². The summed E-state index contributed by atoms with van der Waals surface area (Å²) in [6.45, 7) is 12.1. The second kappa shape index (κ2) is 4.10. The van der Waals surface area contributed by atoms with Gasteiger partial charge in [-0.3, -0.25) is 0 Å². The van der Waals surface area contributed by atoms with Crippen LogP contribution in [0.5, 0.6) is 0 Å². The van der Waals surface area contributed by atoms with Crippen LogP contribution in [-0.2, 0) is 0 Å². The van der Waals surface area contributed by atoms with E-state index >= 15 is 0 Å². The standard InChI is InChI=1S/C12H20O/c1-8(2)11-6-5-10(13)7-12(11)9(3)4/h10-13H,1,3,5-7H2,2,4H3. The van der Waals surface area contributed by atoms with Gasteiger partial charge in [-0.15, -0.1) is 0 Å². The van der Waals surface area contributed by atoms with Crippen LogP contribution in [0.15, 0.2) is 24.3 Å². The first-order valence-corrected chi connectivity index (χ1v) is 5.01. The van der Waals surface area contributed by atoms with Gasteiger partial charge in [-0.25, -0.2) is 0 Å². The number of rotatable bonds is 2. The third-order valence-corrected chi connectivity index (χ3v) is 3.09. The van der Waals surface area contributed by atoms with E-state index in [-0.39, 0.29) is 6.10 Å². The highest BCUT2D eigenvalue weighted by Gasteiger charge is 2.30. The second-order valence-electron chi connectivity index (χ2n) is 4.37. The molecule has 0 spiro atoms. The molecule has 0 radical (unpaired) electrons. The van der Waals surface area contributed by atoms with Gasteiger partial charge in [0.05, 0.1) is 6.10 Å². The summed E-state index contributed by atoms with van der Waals surface area (Å²) in [5.41, 5.74) is 2.42. The molecule has 0 saturated heterocycles. The molecule has 1 nitrogen and oxygen atoms in total. The van der Waals surface area contributed by atoms with Crippen LogP contribution in [0.25, 0.3) is 0 Å². The zero-order valence-electron chi connectivity index (χ0n) is 8.71. The van der Waals surface area contributed by atoms with E-state index in [1.807, 2.05) is 0 Å². The minimum atomic E-state index is -0.128. The fourth-order valence-electron chi connectivity index (χ4n) is 2.28. The number of aliphatic hydroxyl groups excluding tert-OH is 1. The lowest BCUT2D eigenvalue weighted by Gasteiger charge is -2.35. The second-order valence-corrected chi connectivity index (χ2v) is 4.37. The normalized spacial score (nSPS) is 34.2. The fraction of sp³-hybridized carbons (Fsp3) is 0.667. The van der Waals surface area contributed by atoms with E-state index in [4.69, 9.17) is 0 Å². The van der Waals surface area contributed by atoms with Crippen molar-refractivity contribution in [1.29, 1.82) is 0 Å². The van der Waals surface area contributed by atoms with Crippen LogP contribution >= 0.6 is 0 Å². The van der Waals surface area contributed by atoms with Crippen LogP contribution in [0.3, 0.4) is 0 Å². The number of hydrogen-bond donors (Lipinski definition) is 1. The highest BCUT2D eigenvalue weighted by Crippen LogP contribution is 2.37. The lowest BCUT2D eigenvalue weighted by molar-refractivity contribution is 0.0907. The topological polar surface area (TPSA) is 20.2 Å². The Morgan fingerprint density at radius 2 is 1.62 bits per heavy atom. The van der Waals surface area contributed by atoms with Crippen LogP contribution in [-0.4, -0.2) is 11.2 Å². The molecule has 1 rings (SSSR count). The average molecular weight is 180 g/mol. The number of hydrogen-bond acceptors (Lipinski definition) is 1. The summed E-state index contributed by atoms with van der Waals surface area (Å²) in [7, 11) is 0. The number of allylic oxidation sites excluding steroid dienone is 2. The first kappa shape index (κ1) is 10.5. The van der Waals surface area contributed by atoms with Crippen LogP contribution in [0.2, 0.25) is 0 Å². The molecule has 0 aromatic carbocycles. The summed E-state index contributed by atoms with van der Waals surface area (Å²) in [5, 5.41) is 9.56. The van der Waals surface area contributed by atoms with Crippen molar-refractivity contribution in [2.24, 2.45) is 11.8 Å². The molecule has 13 heavy (non-hydrogen) atoms. The molecule has 0 bridgehead atoms. The van der Waals surface area contributed by atoms with Gasteiger partial charge in [-0.05, 0) is 44.9 Å². The van der Waals surface area contributed by atoms with Gasteiger partial charge in [-0.1, -0.05) is 24.3 Å². The predicted octanol–water partition coefficient (Wildman–Crippen LogP) is 2.92. The van der Waals surface area contributed by atoms with Crippen LogP contribution < -0.4 is 0 Å². The van der Waals surface area contributed by atoms with Crippen LogP contribution in [0.1, 0.15) is 33.1 Å². The molecule has 0 amide bonds. The molecule has 0 aromatic rings. The molecule has 3 unspecified atom stereocenters. The quantitative estimate of drug-likeness (QED) is 0.648. The molecular formula is C12H20O. The fourth-order valence-corrected chi connectivity index (χ4v) is 2.28. The Kier molecular flexibility index (Phi) is 3.32. The van der Waals surface area contributed by atoms with Gasteiger partial charge in [0, 0.05) is 0 Å². The van der Waals surface area contributed by atoms with Crippen molar-refractivity contribution in [2.45, 2.75) is 39.2 Å². The Hall–Kier alpha value is -0.560. The van der Waals surface area contributed by atoms with Gasteiger partial charge >= 0.3 is 0 Å². The SMILES string of the molecule is C=C(C)C1CCC(O)CC1C(=C)C. The first-order valence-electron chi connectivity index (χ1n) is 5.01. The van der Waals surface area contributed by atoms with Gasteiger partial charge < -0.3 is 5.11 Å². The van der Waals surface area contributed by atoms with E-state index in [0.717, 1.165) is 19.3 Å². The van der Waals surface area contributed by atoms with Crippen molar-refractivity contribution in [3.05, 3.63) is 24.3 Å². The molecule has 3 atom stereocenters. The van der Waals surface area contributed by atoms with Crippen molar-refractivity contribution < 1.29 is 5.11 Å². The molecule has 74 valence electrons. The predicted molar refractivity (Wildman–Crippen MR) is 56.5 cm³/mol. The molecule has 0 heterocycles. The summed E-state index contributed by atoms with van der Waals surface area (Å²) in [6.07, 6.45) is 2.72. The summed E-state index contributed by atoms with van der Waals surface area (Å²) < 4.78 is 0. The van der Waals surface area contributed by atoms with E-state index in [1.165, 1.54) is 11.1 Å². The lowest BCUT2D eigenvalue weighted by Crippen LogP contribution is -2.28.